The van der Waals surface area contributed by atoms with E-state index in [1.165, 1.54) is 89.9 Å². The first-order valence-corrected chi connectivity index (χ1v) is 11.4. The third-order valence-corrected chi connectivity index (χ3v) is 5.09. The molecule has 1 aromatic carbocycles. The fourth-order valence-electron chi connectivity index (χ4n) is 3.35. The van der Waals surface area contributed by atoms with Gasteiger partial charge in [-0.25, -0.2) is 0 Å². The van der Waals surface area contributed by atoms with Crippen LogP contribution in [0.3, 0.4) is 0 Å². The number of allylic oxidation sites excluding steroid dienone is 1. The molecule has 1 aromatic rings. The lowest BCUT2D eigenvalue weighted by Crippen LogP contribution is -2.16. The van der Waals surface area contributed by atoms with Crippen LogP contribution in [0.1, 0.15) is 114 Å². The average Bonchev–Trinajstić information content (AvgIpc) is 2.70. The van der Waals surface area contributed by atoms with Gasteiger partial charge < -0.3 is 5.32 Å². The van der Waals surface area contributed by atoms with E-state index >= 15 is 0 Å². The second kappa shape index (κ2) is 17.8. The lowest BCUT2D eigenvalue weighted by molar-refractivity contribution is 0.0970. The molecule has 0 atom stereocenters. The molecule has 152 valence electrons. The van der Waals surface area contributed by atoms with E-state index in [9.17, 15) is 4.79 Å². The molecule has 27 heavy (non-hydrogen) atoms. The largest absolute Gasteiger partial charge is 0.329 e. The minimum absolute atomic E-state index is 0.0344. The van der Waals surface area contributed by atoms with Crippen molar-refractivity contribution in [2.24, 2.45) is 0 Å². The molecule has 0 radical (unpaired) electrons. The van der Waals surface area contributed by atoms with Crippen LogP contribution in [0.5, 0.6) is 0 Å². The number of rotatable bonds is 17. The summed E-state index contributed by atoms with van der Waals surface area (Å²) in [5.74, 6) is -0.0344. The van der Waals surface area contributed by atoms with E-state index in [2.05, 4.69) is 18.3 Å². The standard InChI is InChI=1S/C25H41NO/c1-2-3-4-5-6-7-8-9-10-11-12-13-14-15-16-20-23-26-25(27)24-21-18-17-19-22-24/h17-23H,2-16H2,1H3,(H,26,27)/b23-20+. The van der Waals surface area contributed by atoms with Gasteiger partial charge in [-0.05, 0) is 25.0 Å². The molecule has 0 spiro atoms. The Balaban J connectivity index is 1.81. The maximum atomic E-state index is 11.8. The highest BCUT2D eigenvalue weighted by atomic mass is 16.1. The van der Waals surface area contributed by atoms with E-state index in [-0.39, 0.29) is 5.91 Å². The molecule has 2 heteroatoms. The number of benzene rings is 1. The molecule has 0 fully saturated rings. The van der Waals surface area contributed by atoms with Crippen molar-refractivity contribution < 1.29 is 4.79 Å². The Hall–Kier alpha value is -1.57. The van der Waals surface area contributed by atoms with Gasteiger partial charge in [0.25, 0.3) is 5.91 Å². The zero-order chi connectivity index (χ0) is 19.4. The molecular weight excluding hydrogens is 330 g/mol. The van der Waals surface area contributed by atoms with E-state index in [1.54, 1.807) is 6.20 Å². The van der Waals surface area contributed by atoms with E-state index < -0.39 is 0 Å². The Labute approximate surface area is 167 Å². The Kier molecular flexibility index (Phi) is 15.5. The van der Waals surface area contributed by atoms with E-state index in [0.717, 1.165) is 6.42 Å². The number of unbranched alkanes of at least 4 members (excludes halogenated alkanes) is 14. The molecule has 0 unspecified atom stereocenters. The fourth-order valence-corrected chi connectivity index (χ4v) is 3.35. The number of amides is 1. The van der Waals surface area contributed by atoms with Crippen LogP contribution in [0.2, 0.25) is 0 Å². The van der Waals surface area contributed by atoms with Gasteiger partial charge in [0.05, 0.1) is 0 Å². The molecule has 1 rings (SSSR count). The summed E-state index contributed by atoms with van der Waals surface area (Å²) in [7, 11) is 0. The van der Waals surface area contributed by atoms with Crippen molar-refractivity contribution in [3.63, 3.8) is 0 Å². The topological polar surface area (TPSA) is 29.1 Å². The second-order valence-electron chi connectivity index (χ2n) is 7.63. The van der Waals surface area contributed by atoms with E-state index in [0.29, 0.717) is 5.56 Å². The molecule has 0 saturated heterocycles. The third kappa shape index (κ3) is 14.2. The van der Waals surface area contributed by atoms with Gasteiger partial charge in [-0.3, -0.25) is 4.79 Å². The van der Waals surface area contributed by atoms with Gasteiger partial charge in [0.2, 0.25) is 0 Å². The van der Waals surface area contributed by atoms with Crippen LogP contribution in [0.4, 0.5) is 0 Å². The maximum absolute atomic E-state index is 11.8. The van der Waals surface area contributed by atoms with E-state index in [1.807, 2.05) is 30.3 Å². The van der Waals surface area contributed by atoms with Crippen LogP contribution in [0.25, 0.3) is 0 Å². The molecule has 1 N–H and O–H groups in total. The third-order valence-electron chi connectivity index (χ3n) is 5.09. The number of carbonyl (C=O) groups is 1. The van der Waals surface area contributed by atoms with Crippen molar-refractivity contribution >= 4 is 5.91 Å². The summed E-state index contributed by atoms with van der Waals surface area (Å²) in [4.78, 5) is 11.8. The minimum atomic E-state index is -0.0344. The molecule has 0 heterocycles. The average molecular weight is 372 g/mol. The van der Waals surface area contributed by atoms with Crippen LogP contribution in [0, 0.1) is 0 Å². The van der Waals surface area contributed by atoms with Crippen LogP contribution < -0.4 is 5.32 Å². The summed E-state index contributed by atoms with van der Waals surface area (Å²) >= 11 is 0. The molecule has 1 amide bonds. The highest BCUT2D eigenvalue weighted by Gasteiger charge is 2.00. The zero-order valence-electron chi connectivity index (χ0n) is 17.6. The van der Waals surface area contributed by atoms with Crippen molar-refractivity contribution in [2.75, 3.05) is 0 Å². The van der Waals surface area contributed by atoms with E-state index in [4.69, 9.17) is 0 Å². The predicted molar refractivity (Wildman–Crippen MR) is 118 cm³/mol. The molecule has 0 aliphatic heterocycles. The molecule has 0 saturated carbocycles. The van der Waals surface area contributed by atoms with Crippen LogP contribution in [-0.4, -0.2) is 5.91 Å². The van der Waals surface area contributed by atoms with Gasteiger partial charge in [-0.2, -0.15) is 0 Å². The van der Waals surface area contributed by atoms with Gasteiger partial charge in [0.15, 0.2) is 0 Å². The smallest absolute Gasteiger partial charge is 0.255 e. The lowest BCUT2D eigenvalue weighted by atomic mass is 10.0. The van der Waals surface area contributed by atoms with Gasteiger partial charge >= 0.3 is 0 Å². The number of carbonyl (C=O) groups excluding carboxylic acids is 1. The maximum Gasteiger partial charge on any atom is 0.255 e. The van der Waals surface area contributed by atoms with Gasteiger partial charge in [0.1, 0.15) is 0 Å². The summed E-state index contributed by atoms with van der Waals surface area (Å²) in [5.41, 5.74) is 0.707. The summed E-state index contributed by atoms with van der Waals surface area (Å²) in [6.45, 7) is 2.28. The molecule has 2 nitrogen and oxygen atoms in total. The summed E-state index contributed by atoms with van der Waals surface area (Å²) in [5, 5.41) is 2.83. The Bertz CT molecular complexity index is 480. The second-order valence-corrected chi connectivity index (χ2v) is 7.63. The van der Waals surface area contributed by atoms with Crippen LogP contribution in [-0.2, 0) is 0 Å². The highest BCUT2D eigenvalue weighted by molar-refractivity contribution is 5.94. The number of hydrogen-bond donors (Lipinski definition) is 1. The van der Waals surface area contributed by atoms with Crippen molar-refractivity contribution in [2.45, 2.75) is 103 Å². The molecule has 0 aromatic heterocycles. The Morgan fingerprint density at radius 3 is 1.74 bits per heavy atom. The summed E-state index contributed by atoms with van der Waals surface area (Å²) in [6.07, 6.45) is 24.4. The monoisotopic (exact) mass is 371 g/mol. The van der Waals surface area contributed by atoms with Crippen LogP contribution in [0.15, 0.2) is 42.6 Å². The molecule has 0 aliphatic rings. The van der Waals surface area contributed by atoms with Crippen molar-refractivity contribution in [1.82, 2.24) is 5.32 Å². The van der Waals surface area contributed by atoms with Gasteiger partial charge in [0, 0.05) is 11.8 Å². The number of hydrogen-bond acceptors (Lipinski definition) is 1. The minimum Gasteiger partial charge on any atom is -0.329 e. The van der Waals surface area contributed by atoms with Crippen molar-refractivity contribution in [1.29, 1.82) is 0 Å². The molecule has 0 bridgehead atoms. The quantitative estimate of drug-likeness (QED) is 0.278. The first-order valence-electron chi connectivity index (χ1n) is 11.4. The molecular formula is C25H41NO. The zero-order valence-corrected chi connectivity index (χ0v) is 17.6. The lowest BCUT2D eigenvalue weighted by Gasteiger charge is -2.03. The highest BCUT2D eigenvalue weighted by Crippen LogP contribution is 2.13. The van der Waals surface area contributed by atoms with Crippen molar-refractivity contribution in [3.8, 4) is 0 Å². The van der Waals surface area contributed by atoms with Gasteiger partial charge in [-0.1, -0.05) is 115 Å². The fraction of sp³-hybridized carbons (Fsp3) is 0.640. The van der Waals surface area contributed by atoms with Crippen LogP contribution >= 0.6 is 0 Å². The summed E-state index contributed by atoms with van der Waals surface area (Å²) < 4.78 is 0. The number of nitrogens with one attached hydrogen (secondary N) is 1. The molecule has 0 aliphatic carbocycles. The Morgan fingerprint density at radius 2 is 1.22 bits per heavy atom. The van der Waals surface area contributed by atoms with Crippen molar-refractivity contribution in [3.05, 3.63) is 48.2 Å². The summed E-state index contributed by atoms with van der Waals surface area (Å²) in [6, 6.07) is 9.34. The first-order chi connectivity index (χ1) is 13.3. The Morgan fingerprint density at radius 1 is 0.741 bits per heavy atom. The SMILES string of the molecule is CCCCCCCCCCCCCCCC/C=C/NC(=O)c1ccccc1. The first kappa shape index (κ1) is 23.5. The van der Waals surface area contributed by atoms with Gasteiger partial charge in [-0.15, -0.1) is 0 Å². The normalized spacial score (nSPS) is 11.1. The predicted octanol–water partition coefficient (Wildman–Crippen LogP) is 7.80.